The van der Waals surface area contributed by atoms with E-state index in [0.717, 1.165) is 39.4 Å². The monoisotopic (exact) mass is 299 g/mol. The summed E-state index contributed by atoms with van der Waals surface area (Å²) in [5.74, 6) is 0.883. The standard InChI is InChI=1S/C18H18ClNO/c1-12(2)20-11-14-9-15(19)7-8-16(14)18-10-13-5-3-4-6-17(13)21-18/h3-10,12,20H,11H2,1-2H3. The molecule has 0 aliphatic heterocycles. The lowest BCUT2D eigenvalue weighted by Gasteiger charge is -2.12. The van der Waals surface area contributed by atoms with E-state index in [9.17, 15) is 0 Å². The van der Waals surface area contributed by atoms with E-state index in [4.69, 9.17) is 16.0 Å². The molecule has 3 rings (SSSR count). The average molecular weight is 300 g/mol. The van der Waals surface area contributed by atoms with E-state index in [-0.39, 0.29) is 0 Å². The lowest BCUT2D eigenvalue weighted by molar-refractivity contribution is 0.586. The summed E-state index contributed by atoms with van der Waals surface area (Å²) in [5.41, 5.74) is 3.14. The van der Waals surface area contributed by atoms with Crippen LogP contribution >= 0.6 is 11.6 Å². The number of hydrogen-bond acceptors (Lipinski definition) is 2. The van der Waals surface area contributed by atoms with Crippen molar-refractivity contribution >= 4 is 22.6 Å². The Morgan fingerprint density at radius 2 is 1.90 bits per heavy atom. The van der Waals surface area contributed by atoms with Crippen LogP contribution in [0.2, 0.25) is 5.02 Å². The molecule has 0 saturated carbocycles. The summed E-state index contributed by atoms with van der Waals surface area (Å²) in [6, 6.07) is 16.5. The van der Waals surface area contributed by atoms with Crippen LogP contribution in [0, 0.1) is 0 Å². The fourth-order valence-corrected chi connectivity index (χ4v) is 2.57. The quantitative estimate of drug-likeness (QED) is 0.711. The van der Waals surface area contributed by atoms with Crippen molar-refractivity contribution in [2.24, 2.45) is 0 Å². The zero-order valence-corrected chi connectivity index (χ0v) is 12.9. The molecule has 0 amide bonds. The van der Waals surface area contributed by atoms with Crippen molar-refractivity contribution in [3.8, 4) is 11.3 Å². The van der Waals surface area contributed by atoms with Crippen LogP contribution in [0.1, 0.15) is 19.4 Å². The van der Waals surface area contributed by atoms with Gasteiger partial charge in [0.2, 0.25) is 0 Å². The van der Waals surface area contributed by atoms with Gasteiger partial charge in [0, 0.05) is 28.6 Å². The fraction of sp³-hybridized carbons (Fsp3) is 0.222. The van der Waals surface area contributed by atoms with Gasteiger partial charge in [-0.1, -0.05) is 43.6 Å². The predicted molar refractivity (Wildman–Crippen MR) is 88.6 cm³/mol. The number of benzene rings is 2. The first kappa shape index (κ1) is 14.2. The Bertz CT molecular complexity index is 728. The molecule has 1 N–H and O–H groups in total. The molecule has 0 aliphatic carbocycles. The van der Waals surface area contributed by atoms with Crippen LogP contribution in [0.25, 0.3) is 22.3 Å². The normalized spacial score (nSPS) is 11.4. The Morgan fingerprint density at radius 3 is 2.67 bits per heavy atom. The van der Waals surface area contributed by atoms with Crippen LogP contribution < -0.4 is 5.32 Å². The maximum absolute atomic E-state index is 6.14. The van der Waals surface area contributed by atoms with E-state index in [1.54, 1.807) is 0 Å². The van der Waals surface area contributed by atoms with Gasteiger partial charge in [-0.2, -0.15) is 0 Å². The van der Waals surface area contributed by atoms with Crippen molar-refractivity contribution in [1.29, 1.82) is 0 Å². The second kappa shape index (κ2) is 5.92. The lowest BCUT2D eigenvalue weighted by Crippen LogP contribution is -2.22. The van der Waals surface area contributed by atoms with E-state index >= 15 is 0 Å². The highest BCUT2D eigenvalue weighted by molar-refractivity contribution is 6.30. The minimum absolute atomic E-state index is 0.424. The van der Waals surface area contributed by atoms with E-state index in [2.05, 4.69) is 31.3 Å². The first-order valence-electron chi connectivity index (χ1n) is 7.14. The number of hydrogen-bond donors (Lipinski definition) is 1. The van der Waals surface area contributed by atoms with Gasteiger partial charge < -0.3 is 9.73 Å². The van der Waals surface area contributed by atoms with Crippen molar-refractivity contribution in [2.45, 2.75) is 26.4 Å². The van der Waals surface area contributed by atoms with Crippen molar-refractivity contribution in [3.05, 3.63) is 59.1 Å². The van der Waals surface area contributed by atoms with Gasteiger partial charge in [0.15, 0.2) is 0 Å². The van der Waals surface area contributed by atoms with Crippen molar-refractivity contribution < 1.29 is 4.42 Å². The Hall–Kier alpha value is -1.77. The van der Waals surface area contributed by atoms with Gasteiger partial charge >= 0.3 is 0 Å². The molecule has 108 valence electrons. The number of rotatable bonds is 4. The van der Waals surface area contributed by atoms with E-state index in [1.807, 2.05) is 36.4 Å². The average Bonchev–Trinajstić information content (AvgIpc) is 2.88. The second-order valence-electron chi connectivity index (χ2n) is 5.49. The molecular weight excluding hydrogens is 282 g/mol. The van der Waals surface area contributed by atoms with E-state index in [1.165, 1.54) is 0 Å². The minimum atomic E-state index is 0.424. The molecule has 0 spiro atoms. The Kier molecular flexibility index (Phi) is 4.00. The lowest BCUT2D eigenvalue weighted by atomic mass is 10.0. The maximum Gasteiger partial charge on any atom is 0.135 e. The molecule has 0 saturated heterocycles. The highest BCUT2D eigenvalue weighted by Crippen LogP contribution is 2.31. The summed E-state index contributed by atoms with van der Waals surface area (Å²) in [6.45, 7) is 5.03. The molecule has 1 aromatic heterocycles. The van der Waals surface area contributed by atoms with Gasteiger partial charge in [0.1, 0.15) is 11.3 Å². The Balaban J connectivity index is 2.03. The predicted octanol–water partition coefficient (Wildman–Crippen LogP) is 5.25. The van der Waals surface area contributed by atoms with Crippen LogP contribution in [0.5, 0.6) is 0 Å². The minimum Gasteiger partial charge on any atom is -0.456 e. The molecule has 0 atom stereocenters. The third kappa shape index (κ3) is 3.12. The van der Waals surface area contributed by atoms with Crippen molar-refractivity contribution in [1.82, 2.24) is 5.32 Å². The highest BCUT2D eigenvalue weighted by atomic mass is 35.5. The van der Waals surface area contributed by atoms with E-state index in [0.29, 0.717) is 6.04 Å². The van der Waals surface area contributed by atoms with Gasteiger partial charge in [-0.25, -0.2) is 0 Å². The SMILES string of the molecule is CC(C)NCc1cc(Cl)ccc1-c1cc2ccccc2o1. The van der Waals surface area contributed by atoms with Gasteiger partial charge in [0.25, 0.3) is 0 Å². The molecule has 0 fully saturated rings. The number of furan rings is 1. The molecule has 0 aliphatic rings. The molecule has 2 nitrogen and oxygen atoms in total. The number of halogens is 1. The first-order valence-corrected chi connectivity index (χ1v) is 7.52. The summed E-state index contributed by atoms with van der Waals surface area (Å²) in [4.78, 5) is 0. The van der Waals surface area contributed by atoms with Crippen LogP contribution in [0.15, 0.2) is 52.9 Å². The Morgan fingerprint density at radius 1 is 1.10 bits per heavy atom. The van der Waals surface area contributed by atoms with Crippen LogP contribution in [-0.2, 0) is 6.54 Å². The van der Waals surface area contributed by atoms with Crippen molar-refractivity contribution in [3.63, 3.8) is 0 Å². The molecule has 3 heteroatoms. The molecule has 0 bridgehead atoms. The highest BCUT2D eigenvalue weighted by Gasteiger charge is 2.11. The number of nitrogens with one attached hydrogen (secondary N) is 1. The van der Waals surface area contributed by atoms with E-state index < -0.39 is 0 Å². The summed E-state index contributed by atoms with van der Waals surface area (Å²) in [5, 5.41) is 5.29. The summed E-state index contributed by atoms with van der Waals surface area (Å²) in [6.07, 6.45) is 0. The molecule has 0 radical (unpaired) electrons. The molecule has 21 heavy (non-hydrogen) atoms. The third-order valence-corrected chi connectivity index (χ3v) is 3.69. The molecule has 1 heterocycles. The third-order valence-electron chi connectivity index (χ3n) is 3.46. The second-order valence-corrected chi connectivity index (χ2v) is 5.92. The fourth-order valence-electron chi connectivity index (χ4n) is 2.38. The summed E-state index contributed by atoms with van der Waals surface area (Å²) >= 11 is 6.14. The van der Waals surface area contributed by atoms with Gasteiger partial charge in [-0.3, -0.25) is 0 Å². The molecule has 3 aromatic rings. The molecular formula is C18H18ClNO. The van der Waals surface area contributed by atoms with Crippen molar-refractivity contribution in [2.75, 3.05) is 0 Å². The molecule has 0 unspecified atom stereocenters. The Labute approximate surface area is 129 Å². The zero-order valence-electron chi connectivity index (χ0n) is 12.2. The maximum atomic E-state index is 6.14. The number of para-hydroxylation sites is 1. The topological polar surface area (TPSA) is 25.2 Å². The smallest absolute Gasteiger partial charge is 0.135 e. The summed E-state index contributed by atoms with van der Waals surface area (Å²) in [7, 11) is 0. The zero-order chi connectivity index (χ0) is 14.8. The van der Waals surface area contributed by atoms with Crippen LogP contribution in [-0.4, -0.2) is 6.04 Å². The molecule has 2 aromatic carbocycles. The van der Waals surface area contributed by atoms with Gasteiger partial charge in [-0.15, -0.1) is 0 Å². The number of fused-ring (bicyclic) bond motifs is 1. The largest absolute Gasteiger partial charge is 0.456 e. The van der Waals surface area contributed by atoms with Gasteiger partial charge in [-0.05, 0) is 35.9 Å². The van der Waals surface area contributed by atoms with Crippen LogP contribution in [0.4, 0.5) is 0 Å². The van der Waals surface area contributed by atoms with Gasteiger partial charge in [0.05, 0.1) is 0 Å². The first-order chi connectivity index (χ1) is 10.1. The van der Waals surface area contributed by atoms with Crippen LogP contribution in [0.3, 0.4) is 0 Å². The summed E-state index contributed by atoms with van der Waals surface area (Å²) < 4.78 is 5.97.